The van der Waals surface area contributed by atoms with E-state index in [1.807, 2.05) is 0 Å². The molecule has 2 rings (SSSR count). The molecule has 8 nitrogen and oxygen atoms in total. The molecule has 0 aliphatic carbocycles. The Balaban J connectivity index is 2.94. The second-order valence-electron chi connectivity index (χ2n) is 5.88. The minimum Gasteiger partial charge on any atom is -0.497 e. The second kappa shape index (κ2) is 10.2. The van der Waals surface area contributed by atoms with Gasteiger partial charge in [0.05, 0.1) is 53.8 Å². The summed E-state index contributed by atoms with van der Waals surface area (Å²) in [6.07, 6.45) is 0. The van der Waals surface area contributed by atoms with Crippen LogP contribution < -0.4 is 18.9 Å². The second-order valence-corrected chi connectivity index (χ2v) is 5.88. The molecule has 0 bridgehead atoms. The predicted octanol–water partition coefficient (Wildman–Crippen LogP) is 2.98. The van der Waals surface area contributed by atoms with E-state index in [1.54, 1.807) is 36.4 Å². The number of rotatable bonds is 8. The lowest BCUT2D eigenvalue weighted by molar-refractivity contribution is -0.135. The number of ether oxygens (including phenoxy) is 6. The SMILES string of the molecule is COC(=O)/C(=C(\C(=O)OC)c1cc(OC)c(OC)c(OC)c1)c1cccc(OC)c1. The highest BCUT2D eigenvalue weighted by Gasteiger charge is 2.28. The van der Waals surface area contributed by atoms with Crippen LogP contribution in [0, 0.1) is 0 Å². The molecule has 160 valence electrons. The van der Waals surface area contributed by atoms with Crippen molar-refractivity contribution in [2.45, 2.75) is 0 Å². The lowest BCUT2D eigenvalue weighted by atomic mass is 9.93. The summed E-state index contributed by atoms with van der Waals surface area (Å²) in [5.41, 5.74) is 0.698. The van der Waals surface area contributed by atoms with E-state index in [-0.39, 0.29) is 11.1 Å². The van der Waals surface area contributed by atoms with Gasteiger partial charge in [-0.1, -0.05) is 12.1 Å². The van der Waals surface area contributed by atoms with Crippen LogP contribution in [0.3, 0.4) is 0 Å². The Kier molecular flexibility index (Phi) is 7.69. The first-order valence-electron chi connectivity index (χ1n) is 8.81. The maximum Gasteiger partial charge on any atom is 0.339 e. The average Bonchev–Trinajstić information content (AvgIpc) is 2.80. The van der Waals surface area contributed by atoms with Gasteiger partial charge in [-0.15, -0.1) is 0 Å². The highest BCUT2D eigenvalue weighted by atomic mass is 16.5. The Hall–Kier alpha value is -3.68. The highest BCUT2D eigenvalue weighted by Crippen LogP contribution is 2.41. The first-order valence-corrected chi connectivity index (χ1v) is 8.81. The highest BCUT2D eigenvalue weighted by molar-refractivity contribution is 6.37. The number of methoxy groups -OCH3 is 6. The molecule has 2 aromatic rings. The molecule has 0 heterocycles. The van der Waals surface area contributed by atoms with Gasteiger partial charge in [-0.05, 0) is 35.4 Å². The fourth-order valence-corrected chi connectivity index (χ4v) is 2.94. The van der Waals surface area contributed by atoms with Gasteiger partial charge in [-0.3, -0.25) is 0 Å². The summed E-state index contributed by atoms with van der Waals surface area (Å²) in [4.78, 5) is 25.6. The molecule has 0 fully saturated rings. The molecular formula is C22H24O8. The summed E-state index contributed by atoms with van der Waals surface area (Å²) in [5, 5.41) is 0. The number of hydrogen-bond acceptors (Lipinski definition) is 8. The quantitative estimate of drug-likeness (QED) is 0.369. The molecule has 0 N–H and O–H groups in total. The fraction of sp³-hybridized carbons (Fsp3) is 0.273. The molecule has 0 aromatic heterocycles. The summed E-state index contributed by atoms with van der Waals surface area (Å²) in [7, 11) is 8.32. The first-order chi connectivity index (χ1) is 14.4. The van der Waals surface area contributed by atoms with E-state index < -0.39 is 11.9 Å². The zero-order valence-corrected chi connectivity index (χ0v) is 17.7. The fourth-order valence-electron chi connectivity index (χ4n) is 2.94. The number of carbonyl (C=O) groups is 2. The van der Waals surface area contributed by atoms with Gasteiger partial charge >= 0.3 is 11.9 Å². The van der Waals surface area contributed by atoms with Crippen LogP contribution in [-0.4, -0.2) is 54.6 Å². The van der Waals surface area contributed by atoms with E-state index in [1.165, 1.54) is 42.7 Å². The molecule has 0 saturated carbocycles. The van der Waals surface area contributed by atoms with Crippen LogP contribution in [-0.2, 0) is 19.1 Å². The molecule has 0 radical (unpaired) electrons. The molecule has 30 heavy (non-hydrogen) atoms. The smallest absolute Gasteiger partial charge is 0.339 e. The van der Waals surface area contributed by atoms with Crippen LogP contribution in [0.2, 0.25) is 0 Å². The molecule has 0 unspecified atom stereocenters. The predicted molar refractivity (Wildman–Crippen MR) is 110 cm³/mol. The molecule has 2 aromatic carbocycles. The third-order valence-corrected chi connectivity index (χ3v) is 4.34. The maximum atomic E-state index is 12.8. The zero-order valence-electron chi connectivity index (χ0n) is 17.7. The Morgan fingerprint density at radius 2 is 1.17 bits per heavy atom. The van der Waals surface area contributed by atoms with Gasteiger partial charge in [-0.25, -0.2) is 9.59 Å². The van der Waals surface area contributed by atoms with E-state index >= 15 is 0 Å². The third kappa shape index (κ3) is 4.48. The Bertz CT molecular complexity index is 936. The van der Waals surface area contributed by atoms with Crippen LogP contribution in [0.15, 0.2) is 36.4 Å². The summed E-state index contributed by atoms with van der Waals surface area (Å²) in [6.45, 7) is 0. The van der Waals surface area contributed by atoms with Crippen molar-refractivity contribution in [1.29, 1.82) is 0 Å². The Morgan fingerprint density at radius 1 is 0.633 bits per heavy atom. The van der Waals surface area contributed by atoms with Gasteiger partial charge in [-0.2, -0.15) is 0 Å². The van der Waals surface area contributed by atoms with E-state index in [4.69, 9.17) is 28.4 Å². The van der Waals surface area contributed by atoms with Crippen molar-refractivity contribution >= 4 is 23.1 Å². The van der Waals surface area contributed by atoms with Crippen LogP contribution in [0.1, 0.15) is 11.1 Å². The van der Waals surface area contributed by atoms with Crippen molar-refractivity contribution in [3.05, 3.63) is 47.5 Å². The monoisotopic (exact) mass is 416 g/mol. The van der Waals surface area contributed by atoms with Gasteiger partial charge in [0.2, 0.25) is 5.75 Å². The molecule has 0 aliphatic heterocycles. The van der Waals surface area contributed by atoms with E-state index in [9.17, 15) is 9.59 Å². The molecule has 0 amide bonds. The van der Waals surface area contributed by atoms with Gasteiger partial charge in [0.25, 0.3) is 0 Å². The number of carbonyl (C=O) groups excluding carboxylic acids is 2. The van der Waals surface area contributed by atoms with E-state index in [0.717, 1.165) is 0 Å². The van der Waals surface area contributed by atoms with Crippen molar-refractivity contribution in [3.8, 4) is 23.0 Å². The van der Waals surface area contributed by atoms with Crippen LogP contribution in [0.4, 0.5) is 0 Å². The molecule has 0 spiro atoms. The van der Waals surface area contributed by atoms with Crippen LogP contribution in [0.5, 0.6) is 23.0 Å². The number of benzene rings is 2. The van der Waals surface area contributed by atoms with Gasteiger partial charge in [0.1, 0.15) is 5.75 Å². The minimum absolute atomic E-state index is 0.00229. The average molecular weight is 416 g/mol. The first kappa shape index (κ1) is 22.6. The zero-order chi connectivity index (χ0) is 22.3. The molecule has 8 heteroatoms. The standard InChI is InChI=1S/C22H24O8/c1-25-15-9-7-8-13(10-15)18(21(23)29-5)19(22(24)30-6)14-11-16(26-2)20(28-4)17(12-14)27-3/h7-12H,1-6H3/b19-18-. The van der Waals surface area contributed by atoms with Gasteiger partial charge in [0, 0.05) is 0 Å². The third-order valence-electron chi connectivity index (χ3n) is 4.34. The topological polar surface area (TPSA) is 89.5 Å². The van der Waals surface area contributed by atoms with Crippen molar-refractivity contribution in [2.75, 3.05) is 42.7 Å². The molecule has 0 saturated heterocycles. The maximum absolute atomic E-state index is 12.8. The van der Waals surface area contributed by atoms with Crippen molar-refractivity contribution in [2.24, 2.45) is 0 Å². The summed E-state index contributed by atoms with van der Waals surface area (Å²) in [6, 6.07) is 9.80. The molecule has 0 atom stereocenters. The van der Waals surface area contributed by atoms with Crippen LogP contribution >= 0.6 is 0 Å². The van der Waals surface area contributed by atoms with Crippen LogP contribution in [0.25, 0.3) is 11.1 Å². The molecular weight excluding hydrogens is 392 g/mol. The van der Waals surface area contributed by atoms with E-state index in [0.29, 0.717) is 34.1 Å². The number of esters is 2. The van der Waals surface area contributed by atoms with Crippen molar-refractivity contribution in [3.63, 3.8) is 0 Å². The van der Waals surface area contributed by atoms with Gasteiger partial charge in [0.15, 0.2) is 11.5 Å². The minimum atomic E-state index is -0.743. The summed E-state index contributed by atoms with van der Waals surface area (Å²) in [5.74, 6) is -0.00639. The van der Waals surface area contributed by atoms with Crippen molar-refractivity contribution < 1.29 is 38.0 Å². The lowest BCUT2D eigenvalue weighted by Crippen LogP contribution is -2.14. The van der Waals surface area contributed by atoms with Gasteiger partial charge < -0.3 is 28.4 Å². The summed E-state index contributed by atoms with van der Waals surface area (Å²) >= 11 is 0. The Labute approximate surface area is 174 Å². The van der Waals surface area contributed by atoms with Crippen molar-refractivity contribution in [1.82, 2.24) is 0 Å². The largest absolute Gasteiger partial charge is 0.497 e. The molecule has 0 aliphatic rings. The lowest BCUT2D eigenvalue weighted by Gasteiger charge is -2.17. The number of hydrogen-bond donors (Lipinski definition) is 0. The Morgan fingerprint density at radius 3 is 1.60 bits per heavy atom. The summed E-state index contributed by atoms with van der Waals surface area (Å²) < 4.78 is 31.3. The van der Waals surface area contributed by atoms with E-state index in [2.05, 4.69) is 0 Å². The normalized spacial score (nSPS) is 11.1.